The fourth-order valence-corrected chi connectivity index (χ4v) is 3.93. The Labute approximate surface area is 133 Å². The lowest BCUT2D eigenvalue weighted by Gasteiger charge is -2.48. The first-order valence-corrected chi connectivity index (χ1v) is 8.25. The van der Waals surface area contributed by atoms with E-state index in [0.29, 0.717) is 11.1 Å². The van der Waals surface area contributed by atoms with Crippen molar-refractivity contribution in [2.75, 3.05) is 18.0 Å². The van der Waals surface area contributed by atoms with Crippen molar-refractivity contribution in [3.05, 3.63) is 27.4 Å². The Hall–Kier alpha value is -0.320. The zero-order chi connectivity index (χ0) is 14.9. The zero-order valence-corrected chi connectivity index (χ0v) is 14.5. The molecule has 0 radical (unpaired) electrons. The second-order valence-corrected chi connectivity index (χ2v) is 6.82. The SMILES string of the molecule is CCC1(CC)CN(c2c(Cl)cc(F)cc2Br)C(C)CN1. The van der Waals surface area contributed by atoms with Crippen molar-refractivity contribution in [1.29, 1.82) is 0 Å². The molecule has 0 bridgehead atoms. The summed E-state index contributed by atoms with van der Waals surface area (Å²) < 4.78 is 14.1. The van der Waals surface area contributed by atoms with Gasteiger partial charge in [-0.1, -0.05) is 25.4 Å². The molecule has 1 saturated heterocycles. The van der Waals surface area contributed by atoms with Gasteiger partial charge in [0.1, 0.15) is 5.82 Å². The van der Waals surface area contributed by atoms with E-state index >= 15 is 0 Å². The summed E-state index contributed by atoms with van der Waals surface area (Å²) in [6, 6.07) is 3.19. The number of benzene rings is 1. The molecule has 0 aliphatic carbocycles. The molecule has 1 fully saturated rings. The normalized spacial score (nSPS) is 22.1. The fourth-order valence-electron chi connectivity index (χ4n) is 2.84. The highest BCUT2D eigenvalue weighted by Gasteiger charge is 2.36. The Kier molecular flexibility index (Phi) is 4.98. The largest absolute Gasteiger partial charge is 0.364 e. The number of halogens is 3. The van der Waals surface area contributed by atoms with Crippen LogP contribution in [0.4, 0.5) is 10.1 Å². The minimum Gasteiger partial charge on any atom is -0.364 e. The van der Waals surface area contributed by atoms with Crippen molar-refractivity contribution < 1.29 is 4.39 Å². The van der Waals surface area contributed by atoms with Crippen molar-refractivity contribution in [1.82, 2.24) is 5.32 Å². The van der Waals surface area contributed by atoms with Gasteiger partial charge in [0.15, 0.2) is 0 Å². The summed E-state index contributed by atoms with van der Waals surface area (Å²) in [7, 11) is 0. The van der Waals surface area contributed by atoms with Crippen LogP contribution in [0.3, 0.4) is 0 Å². The second kappa shape index (κ2) is 6.20. The molecule has 1 unspecified atom stereocenters. The monoisotopic (exact) mass is 362 g/mol. The molecule has 1 aliphatic rings. The van der Waals surface area contributed by atoms with Crippen LogP contribution in [0.15, 0.2) is 16.6 Å². The van der Waals surface area contributed by atoms with Crippen LogP contribution in [-0.4, -0.2) is 24.7 Å². The summed E-state index contributed by atoms with van der Waals surface area (Å²) in [5, 5.41) is 4.12. The van der Waals surface area contributed by atoms with Gasteiger partial charge in [-0.15, -0.1) is 0 Å². The zero-order valence-electron chi connectivity index (χ0n) is 12.1. The smallest absolute Gasteiger partial charge is 0.125 e. The highest BCUT2D eigenvalue weighted by molar-refractivity contribution is 9.10. The van der Waals surface area contributed by atoms with Crippen LogP contribution in [0.1, 0.15) is 33.6 Å². The lowest BCUT2D eigenvalue weighted by molar-refractivity contribution is 0.253. The van der Waals surface area contributed by atoms with Gasteiger partial charge in [-0.3, -0.25) is 0 Å². The van der Waals surface area contributed by atoms with E-state index in [2.05, 4.69) is 46.9 Å². The van der Waals surface area contributed by atoms with Crippen LogP contribution in [0.5, 0.6) is 0 Å². The van der Waals surface area contributed by atoms with Crippen LogP contribution in [0.25, 0.3) is 0 Å². The van der Waals surface area contributed by atoms with E-state index in [-0.39, 0.29) is 11.4 Å². The van der Waals surface area contributed by atoms with Gasteiger partial charge in [-0.2, -0.15) is 0 Å². The van der Waals surface area contributed by atoms with E-state index in [1.54, 1.807) is 0 Å². The summed E-state index contributed by atoms with van der Waals surface area (Å²) in [4.78, 5) is 2.29. The Bertz CT molecular complexity index is 468. The minimum atomic E-state index is -0.314. The van der Waals surface area contributed by atoms with Crippen molar-refractivity contribution in [2.24, 2.45) is 0 Å². The average Bonchev–Trinajstić information content (AvgIpc) is 2.40. The minimum absolute atomic E-state index is 0.101. The summed E-state index contributed by atoms with van der Waals surface area (Å²) in [6.45, 7) is 8.35. The average molecular weight is 364 g/mol. The number of piperazine rings is 1. The summed E-state index contributed by atoms with van der Waals surface area (Å²) >= 11 is 9.74. The summed E-state index contributed by atoms with van der Waals surface area (Å²) in [6.07, 6.45) is 2.12. The Balaban J connectivity index is 2.40. The van der Waals surface area contributed by atoms with Crippen molar-refractivity contribution in [2.45, 2.75) is 45.2 Å². The molecule has 1 heterocycles. The van der Waals surface area contributed by atoms with Gasteiger partial charge in [0.25, 0.3) is 0 Å². The number of nitrogens with zero attached hydrogens (tertiary/aromatic N) is 1. The quantitative estimate of drug-likeness (QED) is 0.844. The lowest BCUT2D eigenvalue weighted by atomic mass is 9.88. The topological polar surface area (TPSA) is 15.3 Å². The molecule has 112 valence electrons. The van der Waals surface area contributed by atoms with Gasteiger partial charge in [0, 0.05) is 29.1 Å². The first kappa shape index (κ1) is 16.1. The van der Waals surface area contributed by atoms with Gasteiger partial charge in [0.05, 0.1) is 10.7 Å². The molecule has 0 aromatic heterocycles. The molecular formula is C15H21BrClFN2. The molecule has 0 spiro atoms. The van der Waals surface area contributed by atoms with E-state index in [1.165, 1.54) is 12.1 Å². The molecule has 1 aromatic carbocycles. The molecule has 1 aliphatic heterocycles. The van der Waals surface area contributed by atoms with Gasteiger partial charge in [-0.05, 0) is 47.8 Å². The van der Waals surface area contributed by atoms with Crippen LogP contribution >= 0.6 is 27.5 Å². The first-order valence-electron chi connectivity index (χ1n) is 7.08. The molecule has 5 heteroatoms. The third kappa shape index (κ3) is 2.97. The van der Waals surface area contributed by atoms with E-state index in [4.69, 9.17) is 11.6 Å². The van der Waals surface area contributed by atoms with E-state index in [0.717, 1.165) is 36.1 Å². The predicted octanol–water partition coefficient (Wildman–Crippen LogP) is 4.60. The maximum atomic E-state index is 13.4. The van der Waals surface area contributed by atoms with E-state index in [9.17, 15) is 4.39 Å². The van der Waals surface area contributed by atoms with Crippen molar-refractivity contribution in [3.63, 3.8) is 0 Å². The molecule has 2 rings (SSSR count). The van der Waals surface area contributed by atoms with Gasteiger partial charge in [0.2, 0.25) is 0 Å². The predicted molar refractivity (Wildman–Crippen MR) is 87.2 cm³/mol. The fraction of sp³-hybridized carbons (Fsp3) is 0.600. The molecule has 0 amide bonds. The van der Waals surface area contributed by atoms with Crippen LogP contribution in [-0.2, 0) is 0 Å². The third-order valence-corrected chi connectivity index (χ3v) is 5.29. The number of hydrogen-bond acceptors (Lipinski definition) is 2. The highest BCUT2D eigenvalue weighted by atomic mass is 79.9. The van der Waals surface area contributed by atoms with Gasteiger partial charge < -0.3 is 10.2 Å². The molecule has 0 saturated carbocycles. The first-order chi connectivity index (χ1) is 9.42. The molecule has 20 heavy (non-hydrogen) atoms. The Morgan fingerprint density at radius 3 is 2.65 bits per heavy atom. The lowest BCUT2D eigenvalue weighted by Crippen LogP contribution is -2.63. The molecule has 1 atom stereocenters. The van der Waals surface area contributed by atoms with Crippen LogP contribution < -0.4 is 10.2 Å². The molecule has 1 aromatic rings. The van der Waals surface area contributed by atoms with E-state index < -0.39 is 0 Å². The summed E-state index contributed by atoms with van der Waals surface area (Å²) in [5.41, 5.74) is 0.997. The molecular weight excluding hydrogens is 343 g/mol. The van der Waals surface area contributed by atoms with Crippen LogP contribution in [0.2, 0.25) is 5.02 Å². The van der Waals surface area contributed by atoms with Gasteiger partial charge in [-0.25, -0.2) is 4.39 Å². The second-order valence-electron chi connectivity index (χ2n) is 5.56. The Morgan fingerprint density at radius 1 is 1.45 bits per heavy atom. The summed E-state index contributed by atoms with van der Waals surface area (Å²) in [5.74, 6) is -0.314. The standard InChI is InChI=1S/C15H21BrClFN2/c1-4-15(5-2)9-20(10(3)8-19-15)14-12(16)6-11(18)7-13(14)17/h6-7,10,19H,4-5,8-9H2,1-3H3. The highest BCUT2D eigenvalue weighted by Crippen LogP contribution is 2.38. The van der Waals surface area contributed by atoms with Crippen molar-refractivity contribution >= 4 is 33.2 Å². The van der Waals surface area contributed by atoms with Gasteiger partial charge >= 0.3 is 0 Å². The number of rotatable bonds is 3. The van der Waals surface area contributed by atoms with E-state index in [1.807, 2.05) is 0 Å². The maximum Gasteiger partial charge on any atom is 0.125 e. The van der Waals surface area contributed by atoms with Crippen LogP contribution in [0, 0.1) is 5.82 Å². The number of anilines is 1. The third-order valence-electron chi connectivity index (χ3n) is 4.40. The molecule has 2 nitrogen and oxygen atoms in total. The molecule has 1 N–H and O–H groups in total. The van der Waals surface area contributed by atoms with Crippen molar-refractivity contribution in [3.8, 4) is 0 Å². The maximum absolute atomic E-state index is 13.4. The number of hydrogen-bond donors (Lipinski definition) is 1. The Morgan fingerprint density at radius 2 is 2.10 bits per heavy atom. The number of nitrogens with one attached hydrogen (secondary N) is 1.